The van der Waals surface area contributed by atoms with Crippen LogP contribution >= 0.6 is 11.8 Å². The van der Waals surface area contributed by atoms with Gasteiger partial charge in [-0.25, -0.2) is 9.97 Å². The average Bonchev–Trinajstić information content (AvgIpc) is 3.02. The molecule has 0 bridgehead atoms. The largest absolute Gasteiger partial charge is 0.433 e. The number of para-hydroxylation sites is 1. The van der Waals surface area contributed by atoms with E-state index < -0.39 is 11.9 Å². The van der Waals surface area contributed by atoms with Gasteiger partial charge in [0.25, 0.3) is 0 Å². The number of hydrogen-bond donors (Lipinski definition) is 0. The van der Waals surface area contributed by atoms with Crippen molar-refractivity contribution in [1.29, 1.82) is 0 Å². The van der Waals surface area contributed by atoms with Gasteiger partial charge in [0.2, 0.25) is 5.16 Å². The van der Waals surface area contributed by atoms with Crippen LogP contribution in [0.4, 0.5) is 19.0 Å². The molecule has 0 fully saturated rings. The number of hydrogen-bond acceptors (Lipinski definition) is 7. The Balaban J connectivity index is 1.99. The summed E-state index contributed by atoms with van der Waals surface area (Å²) < 4.78 is 40.6. The van der Waals surface area contributed by atoms with Crippen LogP contribution in [-0.2, 0) is 6.18 Å². The molecule has 25 heavy (non-hydrogen) atoms. The SMILES string of the molecule is CN(C)c1cc(C(F)(F)F)nc(Sc2nnnn2-c2ccccc2)n1. The van der Waals surface area contributed by atoms with Crippen LogP contribution in [0.15, 0.2) is 46.7 Å². The first-order valence-corrected chi connectivity index (χ1v) is 7.81. The molecule has 11 heteroatoms. The number of aromatic nitrogens is 6. The Morgan fingerprint density at radius 1 is 1.08 bits per heavy atom. The Bertz CT molecular complexity index is 864. The van der Waals surface area contributed by atoms with Gasteiger partial charge in [-0.1, -0.05) is 18.2 Å². The zero-order chi connectivity index (χ0) is 18.0. The third-order valence-electron chi connectivity index (χ3n) is 3.06. The Kier molecular flexibility index (Phi) is 4.57. The molecular weight excluding hydrogens is 355 g/mol. The number of tetrazole rings is 1. The lowest BCUT2D eigenvalue weighted by atomic mass is 10.3. The summed E-state index contributed by atoms with van der Waals surface area (Å²) in [5.41, 5.74) is -0.345. The molecule has 0 radical (unpaired) electrons. The summed E-state index contributed by atoms with van der Waals surface area (Å²) in [4.78, 5) is 9.19. The molecule has 3 rings (SSSR count). The van der Waals surface area contributed by atoms with Crippen LogP contribution in [0.1, 0.15) is 5.69 Å². The number of halogens is 3. The van der Waals surface area contributed by atoms with Crippen LogP contribution in [0.2, 0.25) is 0 Å². The summed E-state index contributed by atoms with van der Waals surface area (Å²) in [6.45, 7) is 0. The lowest BCUT2D eigenvalue weighted by Gasteiger charge is -2.14. The van der Waals surface area contributed by atoms with E-state index in [0.717, 1.165) is 17.8 Å². The molecule has 2 aromatic heterocycles. The number of anilines is 1. The topological polar surface area (TPSA) is 72.6 Å². The van der Waals surface area contributed by atoms with Crippen molar-refractivity contribution in [2.45, 2.75) is 16.5 Å². The standard InChI is InChI=1S/C14H12F3N7S/c1-23(2)11-8-10(14(15,16)17)18-12(19-11)25-13-20-21-22-24(13)9-6-4-3-5-7-9/h3-8H,1-2H3. The highest BCUT2D eigenvalue weighted by molar-refractivity contribution is 7.99. The number of rotatable bonds is 4. The van der Waals surface area contributed by atoms with Crippen molar-refractivity contribution in [3.8, 4) is 5.69 Å². The minimum Gasteiger partial charge on any atom is -0.363 e. The van der Waals surface area contributed by atoms with Gasteiger partial charge in [0.1, 0.15) is 5.82 Å². The lowest BCUT2D eigenvalue weighted by molar-refractivity contribution is -0.141. The summed E-state index contributed by atoms with van der Waals surface area (Å²) in [6, 6.07) is 9.88. The van der Waals surface area contributed by atoms with Gasteiger partial charge >= 0.3 is 6.18 Å². The summed E-state index contributed by atoms with van der Waals surface area (Å²) >= 11 is 0.856. The van der Waals surface area contributed by atoms with Crippen LogP contribution in [-0.4, -0.2) is 44.3 Å². The molecule has 0 unspecified atom stereocenters. The molecule has 0 saturated carbocycles. The second-order valence-corrected chi connectivity index (χ2v) is 6.03. The minimum absolute atomic E-state index is 0.0921. The smallest absolute Gasteiger partial charge is 0.363 e. The molecule has 0 atom stereocenters. The average molecular weight is 367 g/mol. The Morgan fingerprint density at radius 3 is 2.44 bits per heavy atom. The molecular formula is C14H12F3N7S. The molecule has 3 aromatic rings. The van der Waals surface area contributed by atoms with E-state index in [4.69, 9.17) is 0 Å². The van der Waals surface area contributed by atoms with Crippen LogP contribution in [0, 0.1) is 0 Å². The van der Waals surface area contributed by atoms with E-state index in [9.17, 15) is 13.2 Å². The van der Waals surface area contributed by atoms with Gasteiger partial charge in [0, 0.05) is 20.2 Å². The Morgan fingerprint density at radius 2 is 1.80 bits per heavy atom. The highest BCUT2D eigenvalue weighted by atomic mass is 32.2. The van der Waals surface area contributed by atoms with E-state index in [0.29, 0.717) is 5.69 Å². The Labute approximate surface area is 144 Å². The van der Waals surface area contributed by atoms with Crippen molar-refractivity contribution in [2.24, 2.45) is 0 Å². The molecule has 0 aliphatic carbocycles. The highest BCUT2D eigenvalue weighted by Gasteiger charge is 2.34. The molecule has 2 heterocycles. The van der Waals surface area contributed by atoms with Crippen molar-refractivity contribution in [1.82, 2.24) is 30.2 Å². The summed E-state index contributed by atoms with van der Waals surface area (Å²) in [5, 5.41) is 11.4. The van der Waals surface area contributed by atoms with E-state index >= 15 is 0 Å². The van der Waals surface area contributed by atoms with Gasteiger partial charge in [0.05, 0.1) is 5.69 Å². The van der Waals surface area contributed by atoms with Crippen LogP contribution in [0.25, 0.3) is 5.69 Å². The highest BCUT2D eigenvalue weighted by Crippen LogP contribution is 2.32. The van der Waals surface area contributed by atoms with Crippen LogP contribution in [0.5, 0.6) is 0 Å². The third kappa shape index (κ3) is 3.87. The molecule has 0 amide bonds. The van der Waals surface area contributed by atoms with Gasteiger partial charge < -0.3 is 4.90 Å². The van der Waals surface area contributed by atoms with Gasteiger partial charge in [-0.05, 0) is 34.3 Å². The van der Waals surface area contributed by atoms with Crippen molar-refractivity contribution in [3.63, 3.8) is 0 Å². The van der Waals surface area contributed by atoms with Crippen molar-refractivity contribution in [3.05, 3.63) is 42.1 Å². The number of nitrogens with zero attached hydrogens (tertiary/aromatic N) is 7. The van der Waals surface area contributed by atoms with Gasteiger partial charge in [-0.2, -0.15) is 17.9 Å². The maximum Gasteiger partial charge on any atom is 0.433 e. The normalized spacial score (nSPS) is 11.6. The quantitative estimate of drug-likeness (QED) is 0.657. The minimum atomic E-state index is -4.58. The van der Waals surface area contributed by atoms with Crippen molar-refractivity contribution >= 4 is 17.6 Å². The predicted molar refractivity (Wildman–Crippen MR) is 84.6 cm³/mol. The van der Waals surface area contributed by atoms with E-state index in [1.807, 2.05) is 6.07 Å². The molecule has 130 valence electrons. The lowest BCUT2D eigenvalue weighted by Crippen LogP contribution is -2.16. The van der Waals surface area contributed by atoms with Crippen LogP contribution in [0.3, 0.4) is 0 Å². The fourth-order valence-electron chi connectivity index (χ4n) is 1.89. The first-order valence-electron chi connectivity index (χ1n) is 7.00. The van der Waals surface area contributed by atoms with Gasteiger partial charge in [-0.15, -0.1) is 5.10 Å². The van der Waals surface area contributed by atoms with E-state index in [2.05, 4.69) is 25.5 Å². The summed E-state index contributed by atoms with van der Waals surface area (Å²) in [6.07, 6.45) is -4.58. The first-order chi connectivity index (χ1) is 11.8. The van der Waals surface area contributed by atoms with Gasteiger partial charge in [-0.3, -0.25) is 0 Å². The second kappa shape index (κ2) is 6.67. The fourth-order valence-corrected chi connectivity index (χ4v) is 2.64. The zero-order valence-electron chi connectivity index (χ0n) is 13.1. The number of benzene rings is 1. The monoisotopic (exact) mass is 367 g/mol. The third-order valence-corrected chi connectivity index (χ3v) is 3.87. The molecule has 0 spiro atoms. The van der Waals surface area contributed by atoms with Gasteiger partial charge in [0.15, 0.2) is 10.9 Å². The molecule has 0 N–H and O–H groups in total. The maximum atomic E-state index is 13.1. The molecule has 7 nitrogen and oxygen atoms in total. The van der Waals surface area contributed by atoms with Crippen molar-refractivity contribution in [2.75, 3.05) is 19.0 Å². The van der Waals surface area contributed by atoms with E-state index in [1.54, 1.807) is 38.4 Å². The zero-order valence-corrected chi connectivity index (χ0v) is 14.0. The van der Waals surface area contributed by atoms with Crippen molar-refractivity contribution < 1.29 is 13.2 Å². The van der Waals surface area contributed by atoms with E-state index in [1.165, 1.54) is 9.58 Å². The fraction of sp³-hybridized carbons (Fsp3) is 0.214. The van der Waals surface area contributed by atoms with E-state index in [-0.39, 0.29) is 16.1 Å². The summed E-state index contributed by atoms with van der Waals surface area (Å²) in [7, 11) is 3.20. The second-order valence-electron chi connectivity index (χ2n) is 5.10. The maximum absolute atomic E-state index is 13.1. The predicted octanol–water partition coefficient (Wildman–Crippen LogP) is 2.69. The first kappa shape index (κ1) is 17.1. The Hall–Kier alpha value is -2.69. The summed E-state index contributed by atoms with van der Waals surface area (Å²) in [5.74, 6) is 0.142. The molecule has 1 aromatic carbocycles. The molecule has 0 aliphatic rings. The van der Waals surface area contributed by atoms with Crippen LogP contribution < -0.4 is 4.90 Å². The molecule has 0 aliphatic heterocycles. The number of alkyl halides is 3. The molecule has 0 saturated heterocycles.